The number of benzene rings is 2. The number of esters is 1. The average molecular weight is 466 g/mol. The van der Waals surface area contributed by atoms with Crippen molar-refractivity contribution in [3.8, 4) is 0 Å². The molecule has 31 heavy (non-hydrogen) atoms. The van der Waals surface area contributed by atoms with Crippen molar-refractivity contribution >= 4 is 58.0 Å². The Morgan fingerprint density at radius 1 is 1.26 bits per heavy atom. The average Bonchev–Trinajstić information content (AvgIpc) is 3.10. The van der Waals surface area contributed by atoms with Crippen molar-refractivity contribution in [1.82, 2.24) is 0 Å². The summed E-state index contributed by atoms with van der Waals surface area (Å²) >= 11 is 11.8. The Balaban J connectivity index is 1.58. The van der Waals surface area contributed by atoms with E-state index in [0.717, 1.165) is 0 Å². The zero-order valence-corrected chi connectivity index (χ0v) is 17.8. The number of rotatable bonds is 6. The zero-order valence-electron chi connectivity index (χ0n) is 16.3. The first-order chi connectivity index (χ1) is 14.7. The molecular weight excluding hydrogens is 449 g/mol. The molecule has 0 radical (unpaired) electrons. The number of nitrogens with zero attached hydrogens (tertiary/aromatic N) is 2. The van der Waals surface area contributed by atoms with E-state index < -0.39 is 29.3 Å². The molecule has 0 aliphatic carbocycles. The van der Waals surface area contributed by atoms with Crippen LogP contribution in [0.5, 0.6) is 0 Å². The van der Waals surface area contributed by atoms with Gasteiger partial charge in [0.15, 0.2) is 6.61 Å². The quantitative estimate of drug-likeness (QED) is 0.394. The Morgan fingerprint density at radius 3 is 2.68 bits per heavy atom. The molecule has 2 aromatic rings. The van der Waals surface area contributed by atoms with E-state index in [0.29, 0.717) is 22.0 Å². The van der Waals surface area contributed by atoms with Gasteiger partial charge in [-0.25, -0.2) is 0 Å². The Morgan fingerprint density at radius 2 is 2.00 bits per heavy atom. The minimum atomic E-state index is -0.792. The highest BCUT2D eigenvalue weighted by atomic mass is 35.5. The van der Waals surface area contributed by atoms with Crippen LogP contribution >= 0.6 is 23.2 Å². The number of hydrogen-bond acceptors (Lipinski definition) is 6. The molecule has 9 nitrogen and oxygen atoms in total. The van der Waals surface area contributed by atoms with E-state index in [4.69, 9.17) is 27.9 Å². The van der Waals surface area contributed by atoms with Gasteiger partial charge in [0, 0.05) is 29.6 Å². The first-order valence-corrected chi connectivity index (χ1v) is 9.88. The lowest BCUT2D eigenvalue weighted by Crippen LogP contribution is -2.28. The van der Waals surface area contributed by atoms with Crippen LogP contribution in [-0.4, -0.2) is 35.9 Å². The molecule has 0 unspecified atom stereocenters. The molecular formula is C20H17Cl2N3O6. The van der Waals surface area contributed by atoms with Crippen molar-refractivity contribution in [3.05, 3.63) is 62.1 Å². The van der Waals surface area contributed by atoms with Crippen molar-refractivity contribution in [1.29, 1.82) is 0 Å². The molecule has 1 N–H and O–H groups in total. The molecule has 0 saturated carbocycles. The van der Waals surface area contributed by atoms with Crippen LogP contribution in [0, 0.1) is 23.0 Å². The molecule has 1 saturated heterocycles. The van der Waals surface area contributed by atoms with Crippen molar-refractivity contribution in [2.24, 2.45) is 5.92 Å². The molecule has 11 heteroatoms. The Hall–Kier alpha value is -3.17. The summed E-state index contributed by atoms with van der Waals surface area (Å²) < 4.78 is 5.03. The lowest BCUT2D eigenvalue weighted by Gasteiger charge is -2.17. The number of hydrogen-bond donors (Lipinski definition) is 1. The molecule has 0 spiro atoms. The maximum Gasteiger partial charge on any atom is 0.311 e. The minimum Gasteiger partial charge on any atom is -0.455 e. The third kappa shape index (κ3) is 5.31. The van der Waals surface area contributed by atoms with Gasteiger partial charge >= 0.3 is 5.97 Å². The third-order valence-electron chi connectivity index (χ3n) is 4.71. The number of nitro groups is 1. The summed E-state index contributed by atoms with van der Waals surface area (Å²) in [6, 6.07) is 8.93. The number of carbonyl (C=O) groups excluding carboxylic acids is 3. The molecule has 0 aromatic heterocycles. The Bertz CT molecular complexity index is 1070. The van der Waals surface area contributed by atoms with Crippen LogP contribution in [0.1, 0.15) is 12.0 Å². The standard InChI is InChI=1S/C20H17Cl2N3O6/c1-11-2-4-14(8-17(11)25(29)30)24-9-12(6-19(24)27)20(28)31-10-18(26)23-16-5-3-13(21)7-15(16)22/h2-5,7-8,12H,6,9-10H2,1H3,(H,23,26)/t12-/m1/s1. The lowest BCUT2D eigenvalue weighted by molar-refractivity contribution is -0.385. The maximum atomic E-state index is 12.3. The van der Waals surface area contributed by atoms with Crippen LogP contribution in [0.25, 0.3) is 0 Å². The first-order valence-electron chi connectivity index (χ1n) is 9.12. The van der Waals surface area contributed by atoms with Gasteiger partial charge in [-0.15, -0.1) is 0 Å². The number of ether oxygens (including phenoxy) is 1. The van der Waals surface area contributed by atoms with Gasteiger partial charge in [-0.2, -0.15) is 0 Å². The van der Waals surface area contributed by atoms with E-state index in [1.165, 1.54) is 23.1 Å². The number of aryl methyl sites for hydroxylation is 1. The molecule has 2 amide bonds. The van der Waals surface area contributed by atoms with Crippen LogP contribution < -0.4 is 10.2 Å². The van der Waals surface area contributed by atoms with Crippen molar-refractivity contribution < 1.29 is 24.0 Å². The Kier molecular flexibility index (Phi) is 6.77. The normalized spacial score (nSPS) is 15.6. The maximum absolute atomic E-state index is 12.3. The van der Waals surface area contributed by atoms with Crippen LogP contribution in [0.4, 0.5) is 17.1 Å². The molecule has 1 atom stereocenters. The van der Waals surface area contributed by atoms with E-state index in [9.17, 15) is 24.5 Å². The molecule has 162 valence electrons. The second-order valence-corrected chi connectivity index (χ2v) is 7.76. The topological polar surface area (TPSA) is 119 Å². The van der Waals surface area contributed by atoms with Gasteiger partial charge in [-0.1, -0.05) is 29.3 Å². The van der Waals surface area contributed by atoms with Gasteiger partial charge in [0.25, 0.3) is 11.6 Å². The minimum absolute atomic E-state index is 0.00249. The fourth-order valence-electron chi connectivity index (χ4n) is 3.11. The SMILES string of the molecule is Cc1ccc(N2C[C@H](C(=O)OCC(=O)Nc3ccc(Cl)cc3Cl)CC2=O)cc1[N+](=O)[O-]. The summed E-state index contributed by atoms with van der Waals surface area (Å²) in [6.45, 7) is 1.04. The van der Waals surface area contributed by atoms with Crippen LogP contribution in [0.15, 0.2) is 36.4 Å². The van der Waals surface area contributed by atoms with Gasteiger partial charge in [-0.3, -0.25) is 24.5 Å². The highest BCUT2D eigenvalue weighted by Crippen LogP contribution is 2.30. The highest BCUT2D eigenvalue weighted by molar-refractivity contribution is 6.36. The summed E-state index contributed by atoms with van der Waals surface area (Å²) in [5, 5.41) is 14.3. The number of carbonyl (C=O) groups is 3. The van der Waals surface area contributed by atoms with E-state index >= 15 is 0 Å². The van der Waals surface area contributed by atoms with E-state index in [2.05, 4.69) is 5.32 Å². The van der Waals surface area contributed by atoms with Gasteiger partial charge in [0.2, 0.25) is 5.91 Å². The number of anilines is 2. The molecule has 3 rings (SSSR count). The van der Waals surface area contributed by atoms with E-state index in [1.807, 2.05) is 0 Å². The predicted molar refractivity (Wildman–Crippen MR) is 114 cm³/mol. The second kappa shape index (κ2) is 9.32. The summed E-state index contributed by atoms with van der Waals surface area (Å²) in [6.07, 6.45) is -0.120. The van der Waals surface area contributed by atoms with Gasteiger partial charge < -0.3 is 15.0 Å². The van der Waals surface area contributed by atoms with Crippen LogP contribution in [0.3, 0.4) is 0 Å². The van der Waals surface area contributed by atoms with Crippen molar-refractivity contribution in [2.45, 2.75) is 13.3 Å². The molecule has 1 aliphatic heterocycles. The highest BCUT2D eigenvalue weighted by Gasteiger charge is 2.37. The van der Waals surface area contributed by atoms with Crippen molar-refractivity contribution in [3.63, 3.8) is 0 Å². The van der Waals surface area contributed by atoms with Crippen LogP contribution in [0.2, 0.25) is 10.0 Å². The summed E-state index contributed by atoms with van der Waals surface area (Å²) in [5.41, 5.74) is 0.986. The first kappa shape index (κ1) is 22.5. The fourth-order valence-corrected chi connectivity index (χ4v) is 3.56. The smallest absolute Gasteiger partial charge is 0.311 e. The number of nitro benzene ring substituents is 1. The van der Waals surface area contributed by atoms with E-state index in [-0.39, 0.29) is 29.6 Å². The number of amides is 2. The third-order valence-corrected chi connectivity index (χ3v) is 5.26. The zero-order chi connectivity index (χ0) is 22.7. The lowest BCUT2D eigenvalue weighted by atomic mass is 10.1. The monoisotopic (exact) mass is 465 g/mol. The largest absolute Gasteiger partial charge is 0.455 e. The molecule has 1 heterocycles. The second-order valence-electron chi connectivity index (χ2n) is 6.91. The Labute approximate surface area is 187 Å². The summed E-state index contributed by atoms with van der Waals surface area (Å²) in [4.78, 5) is 48.6. The molecule has 1 aliphatic rings. The van der Waals surface area contributed by atoms with Gasteiger partial charge in [0.05, 0.1) is 27.2 Å². The summed E-state index contributed by atoms with van der Waals surface area (Å²) in [7, 11) is 0. The molecule has 0 bridgehead atoms. The fraction of sp³-hybridized carbons (Fsp3) is 0.250. The number of nitrogens with one attached hydrogen (secondary N) is 1. The van der Waals surface area contributed by atoms with Gasteiger partial charge in [-0.05, 0) is 31.2 Å². The molecule has 1 fully saturated rings. The van der Waals surface area contributed by atoms with Crippen LogP contribution in [-0.2, 0) is 19.1 Å². The van der Waals surface area contributed by atoms with Gasteiger partial charge in [0.1, 0.15) is 0 Å². The molecule has 2 aromatic carbocycles. The predicted octanol–water partition coefficient (Wildman–Crippen LogP) is 3.74. The van der Waals surface area contributed by atoms with Crippen molar-refractivity contribution in [2.75, 3.05) is 23.4 Å². The summed E-state index contributed by atoms with van der Waals surface area (Å²) in [5.74, 6) is -2.47. The van der Waals surface area contributed by atoms with E-state index in [1.54, 1.807) is 25.1 Å². The number of halogens is 2.